The minimum Gasteiger partial charge on any atom is -0.487 e. The minimum absolute atomic E-state index is 0.135. The summed E-state index contributed by atoms with van der Waals surface area (Å²) in [5.74, 6) is 0.415. The Hall–Kier alpha value is -3.19. The van der Waals surface area contributed by atoms with Crippen molar-refractivity contribution in [2.75, 3.05) is 13.7 Å². The van der Waals surface area contributed by atoms with E-state index < -0.39 is 0 Å². The Morgan fingerprint density at radius 3 is 2.87 bits per heavy atom. The van der Waals surface area contributed by atoms with E-state index in [9.17, 15) is 9.18 Å². The quantitative estimate of drug-likeness (QED) is 0.650. The molecule has 0 bridgehead atoms. The van der Waals surface area contributed by atoms with Crippen LogP contribution in [0.3, 0.4) is 0 Å². The van der Waals surface area contributed by atoms with Crippen LogP contribution in [0.25, 0.3) is 11.3 Å². The average molecular weight is 428 g/mol. The van der Waals surface area contributed by atoms with Gasteiger partial charge in [-0.25, -0.2) is 4.39 Å². The predicted octanol–water partition coefficient (Wildman–Crippen LogP) is 3.61. The molecule has 0 spiro atoms. The van der Waals surface area contributed by atoms with Crippen molar-refractivity contribution in [3.63, 3.8) is 0 Å². The molecule has 3 aromatic rings. The predicted molar refractivity (Wildman–Crippen MR) is 110 cm³/mol. The van der Waals surface area contributed by atoms with Gasteiger partial charge in [-0.2, -0.15) is 0 Å². The minimum atomic E-state index is -0.379. The van der Waals surface area contributed by atoms with E-state index in [-0.39, 0.29) is 24.2 Å². The number of benzene rings is 2. The monoisotopic (exact) mass is 427 g/mol. The number of nitrogens with one attached hydrogen (secondary N) is 1. The molecule has 30 heavy (non-hydrogen) atoms. The Bertz CT molecular complexity index is 1080. The van der Waals surface area contributed by atoms with Crippen molar-refractivity contribution in [2.24, 2.45) is 0 Å². The van der Waals surface area contributed by atoms with Crippen LogP contribution in [0.2, 0.25) is 5.02 Å². The third-order valence-electron chi connectivity index (χ3n) is 4.77. The first kappa shape index (κ1) is 20.1. The molecule has 1 aliphatic heterocycles. The van der Waals surface area contributed by atoms with E-state index in [1.165, 1.54) is 19.2 Å². The maximum Gasteiger partial charge on any atom is 0.233 e. The van der Waals surface area contributed by atoms with Crippen LogP contribution >= 0.6 is 11.6 Å². The van der Waals surface area contributed by atoms with Gasteiger partial charge in [-0.3, -0.25) is 4.79 Å². The van der Waals surface area contributed by atoms with E-state index in [1.807, 2.05) is 6.07 Å². The second-order valence-corrected chi connectivity index (χ2v) is 7.39. The number of amides is 1. The highest BCUT2D eigenvalue weighted by Crippen LogP contribution is 2.39. The third kappa shape index (κ3) is 4.52. The summed E-state index contributed by atoms with van der Waals surface area (Å²) in [5, 5.41) is 11.5. The van der Waals surface area contributed by atoms with Crippen LogP contribution in [-0.2, 0) is 17.6 Å². The van der Waals surface area contributed by atoms with E-state index in [4.69, 9.17) is 21.1 Å². The molecule has 0 aliphatic carbocycles. The van der Waals surface area contributed by atoms with Crippen LogP contribution in [0.4, 0.5) is 4.39 Å². The number of nitrogens with zero attached hydrogens (tertiary/aromatic N) is 2. The van der Waals surface area contributed by atoms with Gasteiger partial charge in [0.15, 0.2) is 0 Å². The molecule has 1 unspecified atom stereocenters. The first-order valence-corrected chi connectivity index (χ1v) is 9.78. The van der Waals surface area contributed by atoms with Crippen molar-refractivity contribution < 1.29 is 18.7 Å². The van der Waals surface area contributed by atoms with E-state index in [0.29, 0.717) is 40.9 Å². The summed E-state index contributed by atoms with van der Waals surface area (Å²) in [5.41, 5.74) is 2.57. The Morgan fingerprint density at radius 2 is 2.13 bits per heavy atom. The number of hydrogen-bond donors (Lipinski definition) is 1. The van der Waals surface area contributed by atoms with Gasteiger partial charge in [-0.1, -0.05) is 23.7 Å². The van der Waals surface area contributed by atoms with Crippen LogP contribution in [0.15, 0.2) is 48.5 Å². The normalized spacial score (nSPS) is 14.7. The summed E-state index contributed by atoms with van der Waals surface area (Å²) in [6, 6.07) is 13.3. The number of carbonyl (C=O) groups excluding carboxylic acids is 1. The van der Waals surface area contributed by atoms with Crippen molar-refractivity contribution in [1.82, 2.24) is 15.5 Å². The fraction of sp³-hybridized carbons (Fsp3) is 0.227. The molecule has 1 atom stereocenters. The molecule has 0 saturated carbocycles. The number of aromatic nitrogens is 2. The zero-order valence-electron chi connectivity index (χ0n) is 16.2. The summed E-state index contributed by atoms with van der Waals surface area (Å²) in [4.78, 5) is 12.3. The lowest BCUT2D eigenvalue weighted by molar-refractivity contribution is -0.120. The van der Waals surface area contributed by atoms with Gasteiger partial charge in [-0.05, 0) is 35.9 Å². The lowest BCUT2D eigenvalue weighted by atomic mass is 10.0. The summed E-state index contributed by atoms with van der Waals surface area (Å²) >= 11 is 5.96. The lowest BCUT2D eigenvalue weighted by Gasteiger charge is -2.13. The lowest BCUT2D eigenvalue weighted by Crippen LogP contribution is -2.35. The zero-order chi connectivity index (χ0) is 21.1. The summed E-state index contributed by atoms with van der Waals surface area (Å²) in [7, 11) is 1.50. The Labute approximate surface area is 178 Å². The fourth-order valence-electron chi connectivity index (χ4n) is 3.39. The molecular formula is C22H19ClFN3O3. The van der Waals surface area contributed by atoms with Crippen molar-refractivity contribution in [3.05, 3.63) is 70.5 Å². The highest BCUT2D eigenvalue weighted by atomic mass is 35.5. The highest BCUT2D eigenvalue weighted by molar-refractivity contribution is 6.30. The van der Waals surface area contributed by atoms with Gasteiger partial charge >= 0.3 is 0 Å². The first-order valence-electron chi connectivity index (χ1n) is 9.40. The molecule has 1 N–H and O–H groups in total. The topological polar surface area (TPSA) is 73.3 Å². The molecule has 1 aromatic heterocycles. The van der Waals surface area contributed by atoms with Gasteiger partial charge in [0.05, 0.1) is 25.8 Å². The average Bonchev–Trinajstić information content (AvgIpc) is 3.14. The SMILES string of the molecule is COc1ccc(-c2cc(F)cc3c2OC(CNC(=O)Cc2cccc(Cl)c2)C3)nn1. The second kappa shape index (κ2) is 8.67. The summed E-state index contributed by atoms with van der Waals surface area (Å²) < 4.78 is 25.2. The van der Waals surface area contributed by atoms with Gasteiger partial charge < -0.3 is 14.8 Å². The molecule has 2 aromatic carbocycles. The molecule has 0 fully saturated rings. The van der Waals surface area contributed by atoms with Gasteiger partial charge in [0.1, 0.15) is 17.7 Å². The van der Waals surface area contributed by atoms with E-state index in [0.717, 1.165) is 11.1 Å². The van der Waals surface area contributed by atoms with Gasteiger partial charge in [-0.15, -0.1) is 10.2 Å². The number of hydrogen-bond acceptors (Lipinski definition) is 5. The van der Waals surface area contributed by atoms with E-state index in [2.05, 4.69) is 15.5 Å². The van der Waals surface area contributed by atoms with Crippen LogP contribution in [0.1, 0.15) is 11.1 Å². The van der Waals surface area contributed by atoms with Crippen LogP contribution in [-0.4, -0.2) is 35.9 Å². The first-order chi connectivity index (χ1) is 14.5. The second-order valence-electron chi connectivity index (χ2n) is 6.96. The number of rotatable bonds is 6. The molecule has 2 heterocycles. The van der Waals surface area contributed by atoms with E-state index >= 15 is 0 Å². The van der Waals surface area contributed by atoms with Crippen molar-refractivity contribution >= 4 is 17.5 Å². The van der Waals surface area contributed by atoms with Gasteiger partial charge in [0.25, 0.3) is 0 Å². The number of methoxy groups -OCH3 is 1. The van der Waals surface area contributed by atoms with Crippen LogP contribution < -0.4 is 14.8 Å². The highest BCUT2D eigenvalue weighted by Gasteiger charge is 2.28. The number of carbonyl (C=O) groups is 1. The molecule has 0 radical (unpaired) electrons. The molecule has 154 valence electrons. The molecule has 6 nitrogen and oxygen atoms in total. The smallest absolute Gasteiger partial charge is 0.233 e. The Kier molecular flexibility index (Phi) is 5.81. The molecule has 0 saturated heterocycles. The number of fused-ring (bicyclic) bond motifs is 1. The standard InChI is InChI=1S/C22H19ClFN3O3/c1-29-21-6-5-19(26-27-21)18-11-16(24)9-14-10-17(30-22(14)18)12-25-20(28)8-13-3-2-4-15(23)7-13/h2-7,9,11,17H,8,10,12H2,1H3,(H,25,28). The molecule has 1 aliphatic rings. The number of ether oxygens (including phenoxy) is 2. The number of halogens is 2. The fourth-order valence-corrected chi connectivity index (χ4v) is 3.61. The molecule has 8 heteroatoms. The maximum absolute atomic E-state index is 14.2. The van der Waals surface area contributed by atoms with E-state index in [1.54, 1.807) is 30.3 Å². The van der Waals surface area contributed by atoms with Gasteiger partial charge in [0.2, 0.25) is 11.8 Å². The van der Waals surface area contributed by atoms with Crippen molar-refractivity contribution in [2.45, 2.75) is 18.9 Å². The summed E-state index contributed by atoms with van der Waals surface area (Å²) in [6.45, 7) is 0.309. The van der Waals surface area contributed by atoms with Crippen LogP contribution in [0.5, 0.6) is 11.6 Å². The molecule has 1 amide bonds. The Balaban J connectivity index is 1.43. The third-order valence-corrected chi connectivity index (χ3v) is 5.00. The molecule has 4 rings (SSSR count). The van der Waals surface area contributed by atoms with Crippen LogP contribution in [0, 0.1) is 5.82 Å². The Morgan fingerprint density at radius 1 is 1.27 bits per heavy atom. The molecular weight excluding hydrogens is 409 g/mol. The van der Waals surface area contributed by atoms with Crippen molar-refractivity contribution in [3.8, 4) is 22.9 Å². The van der Waals surface area contributed by atoms with Crippen molar-refractivity contribution in [1.29, 1.82) is 0 Å². The summed E-state index contributed by atoms with van der Waals surface area (Å²) in [6.07, 6.45) is 0.415. The zero-order valence-corrected chi connectivity index (χ0v) is 16.9. The maximum atomic E-state index is 14.2. The largest absolute Gasteiger partial charge is 0.487 e. The van der Waals surface area contributed by atoms with Gasteiger partial charge in [0, 0.05) is 28.6 Å².